The summed E-state index contributed by atoms with van der Waals surface area (Å²) in [6, 6.07) is 6.04. The number of aromatic nitrogens is 6. The number of fused-ring (bicyclic) bond motifs is 3. The molecule has 0 spiro atoms. The molecule has 3 aliphatic rings. The van der Waals surface area contributed by atoms with Crippen LogP contribution < -0.4 is 14.2 Å². The van der Waals surface area contributed by atoms with E-state index in [-0.39, 0.29) is 0 Å². The minimum atomic E-state index is 0.698. The highest BCUT2D eigenvalue weighted by Gasteiger charge is 2.14. The van der Waals surface area contributed by atoms with Crippen LogP contribution in [0.1, 0.15) is 49.7 Å². The predicted octanol–water partition coefficient (Wildman–Crippen LogP) is 4.07. The molecule has 6 rings (SSSR count). The van der Waals surface area contributed by atoms with E-state index in [1.807, 2.05) is 32.9 Å². The van der Waals surface area contributed by atoms with Crippen LogP contribution in [-0.2, 0) is 19.3 Å². The van der Waals surface area contributed by atoms with Gasteiger partial charge < -0.3 is 14.2 Å². The highest BCUT2D eigenvalue weighted by Crippen LogP contribution is 2.30. The Labute approximate surface area is 205 Å². The van der Waals surface area contributed by atoms with Crippen molar-refractivity contribution in [3.8, 4) is 17.6 Å². The van der Waals surface area contributed by atoms with Crippen LogP contribution in [0.3, 0.4) is 0 Å². The van der Waals surface area contributed by atoms with E-state index < -0.39 is 0 Å². The van der Waals surface area contributed by atoms with E-state index in [2.05, 4.69) is 43.6 Å². The predicted molar refractivity (Wildman–Crippen MR) is 131 cm³/mol. The Morgan fingerprint density at radius 1 is 0.824 bits per heavy atom. The van der Waals surface area contributed by atoms with E-state index in [1.165, 1.54) is 11.1 Å². The lowest BCUT2D eigenvalue weighted by molar-refractivity contribution is 0.272. The molecule has 3 aromatic heterocycles. The summed E-state index contributed by atoms with van der Waals surface area (Å²) >= 11 is 1.79. The molecule has 0 amide bonds. The molecule has 0 aromatic carbocycles. The third-order valence-corrected chi connectivity index (χ3v) is 5.86. The van der Waals surface area contributed by atoms with Gasteiger partial charge in [0.05, 0.1) is 42.3 Å². The monoisotopic (exact) mass is 484 g/mol. The van der Waals surface area contributed by atoms with Crippen LogP contribution in [0.4, 0.5) is 0 Å². The molecule has 0 fully saturated rings. The van der Waals surface area contributed by atoms with Crippen LogP contribution >= 0.6 is 11.8 Å². The second kappa shape index (κ2) is 13.6. The van der Waals surface area contributed by atoms with Crippen molar-refractivity contribution in [3.05, 3.63) is 46.9 Å². The molecule has 3 aromatic rings. The van der Waals surface area contributed by atoms with Gasteiger partial charge in [-0.2, -0.15) is 15.3 Å². The zero-order valence-corrected chi connectivity index (χ0v) is 21.1. The summed E-state index contributed by atoms with van der Waals surface area (Å²) in [5.74, 6) is 3.14. The number of aryl methyl sites for hydroxylation is 3. The molecule has 3 aliphatic heterocycles. The normalized spacial score (nSPS) is 14.4. The van der Waals surface area contributed by atoms with Gasteiger partial charge in [0.2, 0.25) is 17.6 Å². The van der Waals surface area contributed by atoms with Gasteiger partial charge in [-0.1, -0.05) is 20.8 Å². The first kappa shape index (κ1) is 25.6. The minimum Gasteiger partial charge on any atom is -0.476 e. The molecule has 10 heteroatoms. The molecule has 0 atom stereocenters. The van der Waals surface area contributed by atoms with Crippen molar-refractivity contribution < 1.29 is 14.2 Å². The Bertz CT molecular complexity index is 1030. The van der Waals surface area contributed by atoms with Gasteiger partial charge in [0.25, 0.3) is 0 Å². The summed E-state index contributed by atoms with van der Waals surface area (Å²) in [7, 11) is 0. The fourth-order valence-corrected chi connectivity index (χ4v) is 4.07. The van der Waals surface area contributed by atoms with E-state index in [0.717, 1.165) is 67.5 Å². The van der Waals surface area contributed by atoms with Gasteiger partial charge in [-0.15, -0.1) is 27.1 Å². The van der Waals surface area contributed by atoms with Gasteiger partial charge in [0.15, 0.2) is 0 Å². The third-order valence-electron chi connectivity index (χ3n) is 4.88. The maximum Gasteiger partial charge on any atom is 0.247 e. The fourth-order valence-electron chi connectivity index (χ4n) is 3.24. The van der Waals surface area contributed by atoms with Crippen LogP contribution in [0.15, 0.2) is 29.3 Å². The summed E-state index contributed by atoms with van der Waals surface area (Å²) in [5, 5.41) is 23.4. The van der Waals surface area contributed by atoms with Crippen molar-refractivity contribution in [1.29, 1.82) is 0 Å². The topological polar surface area (TPSA) is 105 Å². The number of rotatable bonds is 1. The lowest BCUT2D eigenvalue weighted by Gasteiger charge is -2.14. The Morgan fingerprint density at radius 3 is 2.41 bits per heavy atom. The number of thioether (sulfide) groups is 1. The fraction of sp³-hybridized carbons (Fsp3) is 0.500. The molecular formula is C24H32N6O3S. The second-order valence-electron chi connectivity index (χ2n) is 7.28. The summed E-state index contributed by atoms with van der Waals surface area (Å²) in [4.78, 5) is 1.13. The van der Waals surface area contributed by atoms with Crippen molar-refractivity contribution in [2.75, 3.05) is 25.6 Å². The molecule has 0 saturated heterocycles. The smallest absolute Gasteiger partial charge is 0.247 e. The average molecular weight is 485 g/mol. The van der Waals surface area contributed by atoms with Gasteiger partial charge in [-0.05, 0) is 44.4 Å². The third kappa shape index (κ3) is 7.24. The van der Waals surface area contributed by atoms with Crippen LogP contribution in [-0.4, -0.2) is 56.2 Å². The molecule has 0 unspecified atom stereocenters. The Morgan fingerprint density at radius 2 is 1.59 bits per heavy atom. The standard InChI is InChI=1S/C8H10N2OS.2C7H8N2O.C2H6/c1-2-6-5-7-8(10-9-6)11-3-4-12-7;1-5-4-6-2-3-10-7(6)9-8-5;1-2-6-3-4-8-9-7(6)10-5-1;1-2/h5H,2-4H2,1H3;4H,2-3H2,1H3;3-4H,1-2,5H2;1-2H3. The molecule has 0 N–H and O–H groups in total. The quantitative estimate of drug-likeness (QED) is 0.502. The molecule has 0 bridgehead atoms. The highest BCUT2D eigenvalue weighted by atomic mass is 32.2. The molecule has 9 nitrogen and oxygen atoms in total. The first-order valence-corrected chi connectivity index (χ1v) is 12.7. The van der Waals surface area contributed by atoms with Crippen LogP contribution in [0, 0.1) is 6.92 Å². The van der Waals surface area contributed by atoms with Gasteiger partial charge in [0, 0.05) is 23.3 Å². The van der Waals surface area contributed by atoms with E-state index in [1.54, 1.807) is 18.0 Å². The van der Waals surface area contributed by atoms with Crippen LogP contribution in [0.25, 0.3) is 0 Å². The molecule has 182 valence electrons. The molecule has 34 heavy (non-hydrogen) atoms. The van der Waals surface area contributed by atoms with Gasteiger partial charge >= 0.3 is 0 Å². The van der Waals surface area contributed by atoms with Crippen molar-refractivity contribution in [2.24, 2.45) is 0 Å². The summed E-state index contributed by atoms with van der Waals surface area (Å²) < 4.78 is 15.8. The molecule has 6 heterocycles. The van der Waals surface area contributed by atoms with E-state index >= 15 is 0 Å². The number of hydrogen-bond donors (Lipinski definition) is 0. The van der Waals surface area contributed by atoms with Crippen molar-refractivity contribution in [3.63, 3.8) is 0 Å². The number of ether oxygens (including phenoxy) is 3. The summed E-state index contributed by atoms with van der Waals surface area (Å²) in [6.45, 7) is 10.3. The zero-order valence-electron chi connectivity index (χ0n) is 20.3. The van der Waals surface area contributed by atoms with E-state index in [0.29, 0.717) is 17.6 Å². The Kier molecular flexibility index (Phi) is 10.3. The van der Waals surface area contributed by atoms with E-state index in [4.69, 9.17) is 14.2 Å². The molecule has 0 radical (unpaired) electrons. The van der Waals surface area contributed by atoms with Gasteiger partial charge in [0.1, 0.15) is 0 Å². The molecule has 0 aliphatic carbocycles. The lowest BCUT2D eigenvalue weighted by atomic mass is 10.1. The maximum absolute atomic E-state index is 5.33. The lowest BCUT2D eigenvalue weighted by Crippen LogP contribution is -2.09. The largest absolute Gasteiger partial charge is 0.476 e. The zero-order chi connectivity index (χ0) is 24.2. The van der Waals surface area contributed by atoms with E-state index in [9.17, 15) is 0 Å². The summed E-state index contributed by atoms with van der Waals surface area (Å²) in [5.41, 5.74) is 4.37. The molecule has 0 saturated carbocycles. The van der Waals surface area contributed by atoms with Crippen LogP contribution in [0.2, 0.25) is 0 Å². The Hall–Kier alpha value is -3.01. The van der Waals surface area contributed by atoms with Gasteiger partial charge in [-0.3, -0.25) is 0 Å². The Balaban J connectivity index is 0.000000138. The first-order chi connectivity index (χ1) is 16.7. The summed E-state index contributed by atoms with van der Waals surface area (Å²) in [6.07, 6.45) is 5.78. The highest BCUT2D eigenvalue weighted by molar-refractivity contribution is 7.99. The van der Waals surface area contributed by atoms with Crippen molar-refractivity contribution >= 4 is 11.8 Å². The molecular weight excluding hydrogens is 452 g/mol. The first-order valence-electron chi connectivity index (χ1n) is 11.7. The SMILES string of the molecule is CC.CCc1cc2c(nn1)OCCS2.Cc1cc2c(nn1)OCC2.c1cc2c(nn1)OCCC2. The number of hydrogen-bond acceptors (Lipinski definition) is 10. The minimum absolute atomic E-state index is 0.698. The number of nitrogens with zero attached hydrogens (tertiary/aromatic N) is 6. The second-order valence-corrected chi connectivity index (χ2v) is 8.42. The van der Waals surface area contributed by atoms with Gasteiger partial charge in [-0.25, -0.2) is 0 Å². The van der Waals surface area contributed by atoms with Crippen molar-refractivity contribution in [2.45, 2.75) is 58.3 Å². The average Bonchev–Trinajstić information content (AvgIpc) is 3.38. The van der Waals surface area contributed by atoms with Crippen molar-refractivity contribution in [1.82, 2.24) is 30.6 Å². The van der Waals surface area contributed by atoms with Crippen LogP contribution in [0.5, 0.6) is 17.6 Å². The maximum atomic E-state index is 5.33.